The number of nitrogens with one attached hydrogen (secondary N) is 2. The van der Waals surface area contributed by atoms with E-state index >= 15 is 0 Å². The Labute approximate surface area is 137 Å². The molecule has 6 nitrogen and oxygen atoms in total. The molecule has 0 unspecified atom stereocenters. The first-order chi connectivity index (χ1) is 10.9. The van der Waals surface area contributed by atoms with Crippen molar-refractivity contribution in [2.45, 2.75) is 56.1 Å². The van der Waals surface area contributed by atoms with Crippen LogP contribution in [0.5, 0.6) is 5.75 Å². The lowest BCUT2D eigenvalue weighted by Crippen LogP contribution is -2.36. The molecule has 1 atom stereocenters. The monoisotopic (exact) mass is 340 g/mol. The van der Waals surface area contributed by atoms with Gasteiger partial charge in [0.25, 0.3) is 5.91 Å². The molecule has 0 heterocycles. The van der Waals surface area contributed by atoms with Gasteiger partial charge in [-0.3, -0.25) is 4.79 Å². The van der Waals surface area contributed by atoms with E-state index in [1.54, 1.807) is 19.1 Å². The van der Waals surface area contributed by atoms with Crippen LogP contribution in [0.2, 0.25) is 0 Å². The van der Waals surface area contributed by atoms with Gasteiger partial charge in [0.15, 0.2) is 6.10 Å². The Hall–Kier alpha value is -1.60. The van der Waals surface area contributed by atoms with E-state index in [2.05, 4.69) is 10.0 Å². The summed E-state index contributed by atoms with van der Waals surface area (Å²) in [6, 6.07) is 6.15. The molecule has 23 heavy (non-hydrogen) atoms. The molecule has 1 aromatic carbocycles. The molecule has 0 bridgehead atoms. The number of amides is 1. The van der Waals surface area contributed by atoms with Gasteiger partial charge in [-0.1, -0.05) is 19.3 Å². The van der Waals surface area contributed by atoms with E-state index in [0.717, 1.165) is 25.7 Å². The summed E-state index contributed by atoms with van der Waals surface area (Å²) in [5.41, 5.74) is 0. The summed E-state index contributed by atoms with van der Waals surface area (Å²) in [4.78, 5) is 11.6. The number of carbonyl (C=O) groups excluding carboxylic acids is 1. The van der Waals surface area contributed by atoms with Crippen LogP contribution >= 0.6 is 0 Å². The number of ether oxygens (including phenoxy) is 1. The third-order valence-corrected chi connectivity index (χ3v) is 5.53. The molecule has 1 fully saturated rings. The summed E-state index contributed by atoms with van der Waals surface area (Å²) >= 11 is 0. The Morgan fingerprint density at radius 1 is 1.17 bits per heavy atom. The van der Waals surface area contributed by atoms with Crippen molar-refractivity contribution in [3.63, 3.8) is 0 Å². The number of rotatable bonds is 6. The van der Waals surface area contributed by atoms with Crippen LogP contribution in [0.3, 0.4) is 0 Å². The predicted molar refractivity (Wildman–Crippen MR) is 87.8 cm³/mol. The van der Waals surface area contributed by atoms with E-state index < -0.39 is 16.1 Å². The molecule has 1 saturated carbocycles. The maximum Gasteiger partial charge on any atom is 0.260 e. The molecule has 7 heteroatoms. The fourth-order valence-corrected chi connectivity index (χ4v) is 3.97. The van der Waals surface area contributed by atoms with E-state index in [-0.39, 0.29) is 16.8 Å². The van der Waals surface area contributed by atoms with E-state index in [9.17, 15) is 13.2 Å². The Balaban J connectivity index is 2.01. The topological polar surface area (TPSA) is 84.5 Å². The number of hydrogen-bond acceptors (Lipinski definition) is 4. The van der Waals surface area contributed by atoms with E-state index in [4.69, 9.17) is 4.74 Å². The van der Waals surface area contributed by atoms with Gasteiger partial charge in [0, 0.05) is 13.1 Å². The van der Waals surface area contributed by atoms with Crippen molar-refractivity contribution in [1.29, 1.82) is 0 Å². The minimum absolute atomic E-state index is 0.0259. The number of carbonyl (C=O) groups is 1. The molecule has 0 spiro atoms. The SMILES string of the molecule is CNC(=O)[C@H](C)Oc1ccc(S(=O)(=O)NC2CCCCC2)cc1. The Morgan fingerprint density at radius 3 is 2.35 bits per heavy atom. The van der Waals surface area contributed by atoms with Gasteiger partial charge in [0.2, 0.25) is 10.0 Å². The van der Waals surface area contributed by atoms with Crippen LogP contribution in [-0.4, -0.2) is 33.5 Å². The molecule has 0 radical (unpaired) electrons. The highest BCUT2D eigenvalue weighted by Gasteiger charge is 2.22. The largest absolute Gasteiger partial charge is 0.481 e. The zero-order valence-corrected chi connectivity index (χ0v) is 14.4. The summed E-state index contributed by atoms with van der Waals surface area (Å²) in [6.07, 6.45) is 4.46. The maximum absolute atomic E-state index is 12.4. The fourth-order valence-electron chi connectivity index (χ4n) is 2.67. The van der Waals surface area contributed by atoms with Crippen LogP contribution < -0.4 is 14.8 Å². The number of hydrogen-bond donors (Lipinski definition) is 2. The highest BCUT2D eigenvalue weighted by atomic mass is 32.2. The lowest BCUT2D eigenvalue weighted by atomic mass is 9.96. The Morgan fingerprint density at radius 2 is 1.78 bits per heavy atom. The summed E-state index contributed by atoms with van der Waals surface area (Å²) in [7, 11) is -1.97. The zero-order chi connectivity index (χ0) is 16.9. The zero-order valence-electron chi connectivity index (χ0n) is 13.5. The van der Waals surface area contributed by atoms with Crippen molar-refractivity contribution < 1.29 is 17.9 Å². The average Bonchev–Trinajstić information content (AvgIpc) is 2.55. The van der Waals surface area contributed by atoms with E-state index in [1.165, 1.54) is 25.6 Å². The van der Waals surface area contributed by atoms with E-state index in [0.29, 0.717) is 5.75 Å². The molecule has 2 rings (SSSR count). The first-order valence-corrected chi connectivity index (χ1v) is 9.41. The van der Waals surface area contributed by atoms with Crippen LogP contribution in [-0.2, 0) is 14.8 Å². The fraction of sp³-hybridized carbons (Fsp3) is 0.562. The molecule has 1 aromatic rings. The van der Waals surface area contributed by atoms with Crippen molar-refractivity contribution in [3.05, 3.63) is 24.3 Å². The van der Waals surface area contributed by atoms with Gasteiger partial charge in [0.1, 0.15) is 5.75 Å². The molecule has 0 aromatic heterocycles. The molecule has 0 aliphatic heterocycles. The van der Waals surface area contributed by atoms with Crippen LogP contribution in [0.4, 0.5) is 0 Å². The van der Waals surface area contributed by atoms with Crippen LogP contribution in [0.1, 0.15) is 39.0 Å². The van der Waals surface area contributed by atoms with E-state index in [1.807, 2.05) is 0 Å². The lowest BCUT2D eigenvalue weighted by molar-refractivity contribution is -0.126. The second-order valence-corrected chi connectivity index (χ2v) is 7.52. The highest BCUT2D eigenvalue weighted by molar-refractivity contribution is 7.89. The smallest absolute Gasteiger partial charge is 0.260 e. The quantitative estimate of drug-likeness (QED) is 0.827. The molecule has 128 valence electrons. The first-order valence-electron chi connectivity index (χ1n) is 7.93. The van der Waals surface area contributed by atoms with Gasteiger partial charge in [-0.05, 0) is 44.0 Å². The van der Waals surface area contributed by atoms with Crippen molar-refractivity contribution in [3.8, 4) is 5.75 Å². The standard InChI is InChI=1S/C16H24N2O4S/c1-12(16(19)17-2)22-14-8-10-15(11-9-14)23(20,21)18-13-6-4-3-5-7-13/h8-13,18H,3-7H2,1-2H3,(H,17,19)/t12-/m0/s1. The summed E-state index contributed by atoms with van der Waals surface area (Å²) in [5.74, 6) is 0.221. The normalized spacial score (nSPS) is 17.5. The average molecular weight is 340 g/mol. The maximum atomic E-state index is 12.4. The molecule has 0 saturated heterocycles. The summed E-state index contributed by atoms with van der Waals surface area (Å²) < 4.78 is 33.0. The minimum Gasteiger partial charge on any atom is -0.481 e. The molecule has 2 N–H and O–H groups in total. The van der Waals surface area contributed by atoms with Crippen molar-refractivity contribution in [2.75, 3.05) is 7.05 Å². The first kappa shape index (κ1) is 17.7. The van der Waals surface area contributed by atoms with Gasteiger partial charge in [-0.15, -0.1) is 0 Å². The van der Waals surface area contributed by atoms with Gasteiger partial charge in [-0.2, -0.15) is 0 Å². The molecule has 1 aliphatic rings. The second kappa shape index (κ2) is 7.79. The predicted octanol–water partition coefficient (Wildman–Crippen LogP) is 1.81. The number of likely N-dealkylation sites (N-methyl/N-ethyl adjacent to an activating group) is 1. The van der Waals surface area contributed by atoms with Gasteiger partial charge >= 0.3 is 0 Å². The molecular weight excluding hydrogens is 316 g/mol. The third-order valence-electron chi connectivity index (χ3n) is 3.99. The lowest BCUT2D eigenvalue weighted by Gasteiger charge is -2.22. The second-order valence-electron chi connectivity index (χ2n) is 5.80. The van der Waals surface area contributed by atoms with Crippen LogP contribution in [0.15, 0.2) is 29.2 Å². The van der Waals surface area contributed by atoms with Gasteiger partial charge in [0.05, 0.1) is 4.90 Å². The molecular formula is C16H24N2O4S. The van der Waals surface area contributed by atoms with Gasteiger partial charge in [-0.25, -0.2) is 13.1 Å². The van der Waals surface area contributed by atoms with Crippen molar-refractivity contribution in [1.82, 2.24) is 10.0 Å². The Kier molecular flexibility index (Phi) is 6.01. The van der Waals surface area contributed by atoms with Crippen molar-refractivity contribution in [2.24, 2.45) is 0 Å². The van der Waals surface area contributed by atoms with Crippen molar-refractivity contribution >= 4 is 15.9 Å². The number of benzene rings is 1. The van der Waals surface area contributed by atoms with Crippen LogP contribution in [0, 0.1) is 0 Å². The number of sulfonamides is 1. The minimum atomic E-state index is -3.51. The molecule has 1 aliphatic carbocycles. The highest BCUT2D eigenvalue weighted by Crippen LogP contribution is 2.21. The Bertz CT molecular complexity index is 622. The molecule has 1 amide bonds. The summed E-state index contributed by atoms with van der Waals surface area (Å²) in [5, 5.41) is 2.50. The van der Waals surface area contributed by atoms with Crippen LogP contribution in [0.25, 0.3) is 0 Å². The third kappa shape index (κ3) is 4.94. The van der Waals surface area contributed by atoms with Gasteiger partial charge < -0.3 is 10.1 Å². The summed E-state index contributed by atoms with van der Waals surface area (Å²) in [6.45, 7) is 1.63.